The van der Waals surface area contributed by atoms with Crippen molar-refractivity contribution in [3.8, 4) is 0 Å². The van der Waals surface area contributed by atoms with Crippen LogP contribution in [0, 0.1) is 17.8 Å². The van der Waals surface area contributed by atoms with Crippen molar-refractivity contribution in [2.24, 2.45) is 17.8 Å². The van der Waals surface area contributed by atoms with E-state index in [-0.39, 0.29) is 23.8 Å². The van der Waals surface area contributed by atoms with Gasteiger partial charge in [0.15, 0.2) is 0 Å². The molecule has 3 atom stereocenters. The zero-order chi connectivity index (χ0) is 21.0. The number of hydrogen-bond acceptors (Lipinski definition) is 5. The molecule has 1 unspecified atom stereocenters. The van der Waals surface area contributed by atoms with Crippen molar-refractivity contribution in [3.63, 3.8) is 0 Å². The first-order chi connectivity index (χ1) is 13.9. The maximum Gasteiger partial charge on any atom is 0.407 e. The zero-order valence-electron chi connectivity index (χ0n) is 17.3. The number of methoxy groups -OCH3 is 1. The van der Waals surface area contributed by atoms with Gasteiger partial charge in [0.2, 0.25) is 5.91 Å². The van der Waals surface area contributed by atoms with Crippen LogP contribution in [-0.4, -0.2) is 59.8 Å². The molecular weight excluding hydrogens is 440 g/mol. The Hall–Kier alpha value is -1.61. The summed E-state index contributed by atoms with van der Waals surface area (Å²) in [5, 5.41) is 2.68. The average molecular weight is 471 g/mol. The second kappa shape index (κ2) is 9.93. The molecule has 2 heterocycles. The number of carbonyl (C=O) groups is 2. The van der Waals surface area contributed by atoms with Crippen LogP contribution in [0.15, 0.2) is 10.8 Å². The lowest BCUT2D eigenvalue weighted by atomic mass is 10.0. The van der Waals surface area contributed by atoms with E-state index < -0.39 is 12.1 Å². The molecule has 0 radical (unpaired) electrons. The second-order valence-corrected chi connectivity index (χ2v) is 9.24. The Balaban J connectivity index is 1.68. The van der Waals surface area contributed by atoms with Gasteiger partial charge in [-0.2, -0.15) is 0 Å². The molecule has 1 aliphatic carbocycles. The largest absolute Gasteiger partial charge is 0.453 e. The molecule has 1 saturated carbocycles. The average Bonchev–Trinajstić information content (AvgIpc) is 3.26. The summed E-state index contributed by atoms with van der Waals surface area (Å²) >= 11 is 3.40. The lowest BCUT2D eigenvalue weighted by molar-refractivity contribution is -0.135. The molecular formula is C20H31BrN4O4. The normalized spacial score (nSPS) is 22.7. The number of H-pyrrole nitrogens is 1. The Morgan fingerprint density at radius 2 is 2.14 bits per heavy atom. The van der Waals surface area contributed by atoms with Crippen LogP contribution in [0.25, 0.3) is 0 Å². The van der Waals surface area contributed by atoms with Crippen molar-refractivity contribution in [1.29, 1.82) is 0 Å². The topological polar surface area (TPSA) is 96.6 Å². The summed E-state index contributed by atoms with van der Waals surface area (Å²) in [5.41, 5.74) is 0. The van der Waals surface area contributed by atoms with E-state index in [0.717, 1.165) is 35.8 Å². The molecule has 2 amide bonds. The fourth-order valence-corrected chi connectivity index (χ4v) is 4.12. The van der Waals surface area contributed by atoms with E-state index in [0.29, 0.717) is 13.2 Å². The molecule has 9 heteroatoms. The van der Waals surface area contributed by atoms with E-state index in [9.17, 15) is 9.59 Å². The van der Waals surface area contributed by atoms with Crippen molar-refractivity contribution in [2.45, 2.75) is 51.6 Å². The number of carbonyl (C=O) groups excluding carboxylic acids is 2. The van der Waals surface area contributed by atoms with E-state index in [4.69, 9.17) is 9.47 Å². The van der Waals surface area contributed by atoms with Gasteiger partial charge in [-0.3, -0.25) is 4.79 Å². The number of aromatic amines is 1. The number of nitrogens with one attached hydrogen (secondary N) is 2. The maximum atomic E-state index is 13.4. The number of rotatable bonds is 9. The Bertz CT molecular complexity index is 706. The standard InChI is InChI=1S/C20H31BrN4O4/c1-12(2)17(24-20(27)28-3)19(26)25-10-14(11-29-7-6-13-4-5-13)8-15(25)18-22-9-16(21)23-18/h9,12-15,17H,4-8,10-11H2,1-3H3,(H,22,23)(H,24,27)/t14-,15-,17?/m0/s1. The van der Waals surface area contributed by atoms with Crippen LogP contribution in [-0.2, 0) is 14.3 Å². The van der Waals surface area contributed by atoms with Crippen LogP contribution in [0.1, 0.15) is 51.4 Å². The minimum absolute atomic E-state index is 0.0700. The molecule has 3 rings (SSSR count). The van der Waals surface area contributed by atoms with Gasteiger partial charge < -0.3 is 24.7 Å². The highest BCUT2D eigenvalue weighted by Crippen LogP contribution is 2.36. The number of nitrogens with zero attached hydrogens (tertiary/aromatic N) is 2. The van der Waals surface area contributed by atoms with E-state index in [1.807, 2.05) is 18.7 Å². The minimum Gasteiger partial charge on any atom is -0.453 e. The molecule has 0 spiro atoms. The third-order valence-corrected chi connectivity index (χ3v) is 6.07. The Morgan fingerprint density at radius 1 is 1.38 bits per heavy atom. The molecule has 1 aromatic rings. The van der Waals surface area contributed by atoms with Crippen LogP contribution in [0.4, 0.5) is 4.79 Å². The van der Waals surface area contributed by atoms with Crippen molar-refractivity contribution >= 4 is 27.9 Å². The molecule has 1 saturated heterocycles. The van der Waals surface area contributed by atoms with E-state index >= 15 is 0 Å². The van der Waals surface area contributed by atoms with Gasteiger partial charge in [0.05, 0.1) is 26.0 Å². The number of imidazole rings is 1. The number of hydrogen-bond donors (Lipinski definition) is 2. The predicted octanol–water partition coefficient (Wildman–Crippen LogP) is 3.26. The van der Waals surface area contributed by atoms with E-state index in [1.54, 1.807) is 6.20 Å². The molecule has 0 aromatic carbocycles. The van der Waals surface area contributed by atoms with Crippen molar-refractivity contribution in [2.75, 3.05) is 26.9 Å². The van der Waals surface area contributed by atoms with Crippen LogP contribution in [0.5, 0.6) is 0 Å². The van der Waals surface area contributed by atoms with Crippen molar-refractivity contribution < 1.29 is 19.1 Å². The SMILES string of the molecule is COC(=O)NC(C(=O)N1C[C@@H](COCCC2CC2)C[C@H]1c1ncc(Br)[nH]1)C(C)C. The van der Waals surface area contributed by atoms with Gasteiger partial charge in [-0.25, -0.2) is 9.78 Å². The van der Waals surface area contributed by atoms with Gasteiger partial charge in [0.25, 0.3) is 0 Å². The molecule has 2 aliphatic rings. The van der Waals surface area contributed by atoms with E-state index in [1.165, 1.54) is 20.0 Å². The first-order valence-corrected chi connectivity index (χ1v) is 11.1. The number of amides is 2. The molecule has 2 N–H and O–H groups in total. The monoisotopic (exact) mass is 470 g/mol. The smallest absolute Gasteiger partial charge is 0.407 e. The third-order valence-electron chi connectivity index (χ3n) is 5.66. The zero-order valence-corrected chi connectivity index (χ0v) is 18.9. The summed E-state index contributed by atoms with van der Waals surface area (Å²) in [6.07, 6.45) is 5.65. The number of aromatic nitrogens is 2. The first kappa shape index (κ1) is 22.1. The molecule has 8 nitrogen and oxygen atoms in total. The predicted molar refractivity (Wildman–Crippen MR) is 111 cm³/mol. The minimum atomic E-state index is -0.655. The van der Waals surface area contributed by atoms with E-state index in [2.05, 4.69) is 31.2 Å². The summed E-state index contributed by atoms with van der Waals surface area (Å²) < 4.78 is 11.4. The van der Waals surface area contributed by atoms with Crippen molar-refractivity contribution in [1.82, 2.24) is 20.2 Å². The fourth-order valence-electron chi connectivity index (χ4n) is 3.81. The third kappa shape index (κ3) is 5.94. The lowest BCUT2D eigenvalue weighted by Gasteiger charge is -2.30. The summed E-state index contributed by atoms with van der Waals surface area (Å²) in [6.45, 7) is 5.81. The maximum absolute atomic E-state index is 13.4. The number of ether oxygens (including phenoxy) is 2. The molecule has 1 aliphatic heterocycles. The number of halogens is 1. The summed E-state index contributed by atoms with van der Waals surface area (Å²) in [6, 6.07) is -0.829. The van der Waals surface area contributed by atoms with Crippen LogP contribution in [0.3, 0.4) is 0 Å². The highest BCUT2D eigenvalue weighted by molar-refractivity contribution is 9.10. The second-order valence-electron chi connectivity index (χ2n) is 8.39. The molecule has 162 valence electrons. The molecule has 0 bridgehead atoms. The van der Waals surface area contributed by atoms with Crippen molar-refractivity contribution in [3.05, 3.63) is 16.6 Å². The Morgan fingerprint density at radius 3 is 2.72 bits per heavy atom. The fraction of sp³-hybridized carbons (Fsp3) is 0.750. The van der Waals surface area contributed by atoms with Gasteiger partial charge in [-0.05, 0) is 40.6 Å². The number of alkyl carbamates (subject to hydrolysis) is 1. The van der Waals surface area contributed by atoms with Gasteiger partial charge >= 0.3 is 6.09 Å². The lowest BCUT2D eigenvalue weighted by Crippen LogP contribution is -2.51. The molecule has 29 heavy (non-hydrogen) atoms. The Labute approximate surface area is 180 Å². The quantitative estimate of drug-likeness (QED) is 0.539. The van der Waals surface area contributed by atoms with Gasteiger partial charge in [0, 0.05) is 19.1 Å². The van der Waals surface area contributed by atoms with Crippen LogP contribution in [0.2, 0.25) is 0 Å². The number of likely N-dealkylation sites (tertiary alicyclic amines) is 1. The van der Waals surface area contributed by atoms with Crippen LogP contribution < -0.4 is 5.32 Å². The summed E-state index contributed by atoms with van der Waals surface area (Å²) in [4.78, 5) is 34.6. The molecule has 2 fully saturated rings. The highest BCUT2D eigenvalue weighted by Gasteiger charge is 2.41. The van der Waals surface area contributed by atoms with Crippen LogP contribution >= 0.6 is 15.9 Å². The Kier molecular flexibility index (Phi) is 7.56. The summed E-state index contributed by atoms with van der Waals surface area (Å²) in [5.74, 6) is 1.63. The van der Waals surface area contributed by atoms with Gasteiger partial charge in [-0.15, -0.1) is 0 Å². The summed E-state index contributed by atoms with van der Waals surface area (Å²) in [7, 11) is 1.30. The first-order valence-electron chi connectivity index (χ1n) is 10.3. The van der Waals surface area contributed by atoms with Gasteiger partial charge in [-0.1, -0.05) is 26.7 Å². The van der Waals surface area contributed by atoms with Gasteiger partial charge in [0.1, 0.15) is 16.5 Å². The molecule has 1 aromatic heterocycles. The highest BCUT2D eigenvalue weighted by atomic mass is 79.9.